The molecule has 2 atom stereocenters. The van der Waals surface area contributed by atoms with Crippen LogP contribution in [0.3, 0.4) is 0 Å². The van der Waals surface area contributed by atoms with Crippen LogP contribution in [-0.4, -0.2) is 87.4 Å². The number of nitrogens with one attached hydrogen (secondary N) is 1. The van der Waals surface area contributed by atoms with Gasteiger partial charge in [0.25, 0.3) is 11.8 Å². The highest BCUT2D eigenvalue weighted by molar-refractivity contribution is 8.00. The number of rotatable bonds is 10. The predicted octanol–water partition coefficient (Wildman–Crippen LogP) is -0.689. The first-order chi connectivity index (χ1) is 16.6. The van der Waals surface area contributed by atoms with Crippen LogP contribution in [0.15, 0.2) is 21.8 Å². The summed E-state index contributed by atoms with van der Waals surface area (Å²) < 4.78 is 9.61. The SMILES string of the molecule is CCOC(=O)CON=C(C(=O)NC1C(=O)N2C(C(=O)O)=C(COC(C)=O)CS[C@H]12)c1csc(N)n1. The van der Waals surface area contributed by atoms with E-state index in [0.717, 1.165) is 16.2 Å². The first-order valence-electron chi connectivity index (χ1n) is 10.0. The largest absolute Gasteiger partial charge is 0.477 e. The summed E-state index contributed by atoms with van der Waals surface area (Å²) in [6, 6.07) is -1.07. The number of hydrogen-bond acceptors (Lipinski definition) is 13. The Bertz CT molecular complexity index is 1120. The maximum atomic E-state index is 13.0. The standard InChI is InChI=1S/C19H21N5O9S2/c1-3-31-11(26)5-33-23-12(10-7-35-19(20)21-10)15(27)22-13-16(28)24-14(18(29)30)9(4-32-8(2)25)6-34-17(13)24/h7,13,17H,3-6H2,1-2H3,(H2,20,21)(H,22,27)(H,29,30)/t13?,17-/m1/s1. The number of carbonyl (C=O) groups is 5. The van der Waals surface area contributed by atoms with E-state index in [9.17, 15) is 29.1 Å². The smallest absolute Gasteiger partial charge is 0.352 e. The Labute approximate surface area is 206 Å². The van der Waals surface area contributed by atoms with Gasteiger partial charge in [-0.15, -0.1) is 23.1 Å². The number of hydrogen-bond donors (Lipinski definition) is 3. The Kier molecular flexibility index (Phi) is 8.29. The molecule has 1 aromatic rings. The number of carboxylic acid groups (broad SMARTS) is 1. The number of carbonyl (C=O) groups excluding carboxylic acids is 4. The second-order valence-electron chi connectivity index (χ2n) is 6.99. The Morgan fingerprint density at radius 2 is 2.09 bits per heavy atom. The van der Waals surface area contributed by atoms with Gasteiger partial charge in [-0.05, 0) is 6.92 Å². The summed E-state index contributed by atoms with van der Waals surface area (Å²) in [4.78, 5) is 70.1. The van der Waals surface area contributed by atoms with Gasteiger partial charge >= 0.3 is 17.9 Å². The molecule has 4 N–H and O–H groups in total. The van der Waals surface area contributed by atoms with Crippen molar-refractivity contribution >= 4 is 63.7 Å². The molecule has 1 fully saturated rings. The summed E-state index contributed by atoms with van der Waals surface area (Å²) in [5, 5.41) is 16.7. The number of thioether (sulfide) groups is 1. The highest BCUT2D eigenvalue weighted by atomic mass is 32.2. The van der Waals surface area contributed by atoms with Crippen molar-refractivity contribution in [3.05, 3.63) is 22.3 Å². The number of carboxylic acids is 1. The number of anilines is 1. The van der Waals surface area contributed by atoms with Crippen LogP contribution >= 0.6 is 23.1 Å². The third-order valence-electron chi connectivity index (χ3n) is 4.61. The molecule has 16 heteroatoms. The van der Waals surface area contributed by atoms with Gasteiger partial charge in [0.2, 0.25) is 6.61 Å². The van der Waals surface area contributed by atoms with Gasteiger partial charge in [0.05, 0.1) is 6.61 Å². The Morgan fingerprint density at radius 3 is 2.69 bits per heavy atom. The van der Waals surface area contributed by atoms with E-state index >= 15 is 0 Å². The van der Waals surface area contributed by atoms with E-state index in [1.54, 1.807) is 6.92 Å². The Morgan fingerprint density at radius 1 is 1.34 bits per heavy atom. The fourth-order valence-corrected chi connectivity index (χ4v) is 5.02. The molecule has 1 unspecified atom stereocenters. The normalized spacial score (nSPS) is 19.4. The van der Waals surface area contributed by atoms with Crippen molar-refractivity contribution in [3.8, 4) is 0 Å². The van der Waals surface area contributed by atoms with Gasteiger partial charge in [-0.2, -0.15) is 0 Å². The number of aromatic nitrogens is 1. The van der Waals surface area contributed by atoms with Crippen LogP contribution in [0, 0.1) is 0 Å². The number of amides is 2. The van der Waals surface area contributed by atoms with E-state index in [4.69, 9.17) is 20.0 Å². The number of aliphatic carboxylic acids is 1. The molecular formula is C19H21N5O9S2. The summed E-state index contributed by atoms with van der Waals surface area (Å²) >= 11 is 2.24. The summed E-state index contributed by atoms with van der Waals surface area (Å²) in [7, 11) is 0. The molecule has 2 aliphatic rings. The van der Waals surface area contributed by atoms with Crippen LogP contribution in [0.2, 0.25) is 0 Å². The lowest BCUT2D eigenvalue weighted by Crippen LogP contribution is -2.71. The number of nitrogens with zero attached hydrogens (tertiary/aromatic N) is 3. The van der Waals surface area contributed by atoms with Crippen molar-refractivity contribution in [1.82, 2.24) is 15.2 Å². The highest BCUT2D eigenvalue weighted by Gasteiger charge is 2.54. The second kappa shape index (κ2) is 11.2. The molecule has 0 spiro atoms. The molecule has 0 aromatic carbocycles. The number of esters is 2. The third kappa shape index (κ3) is 5.89. The molecule has 1 aromatic heterocycles. The first kappa shape index (κ1) is 26.0. The van der Waals surface area contributed by atoms with Crippen molar-refractivity contribution in [2.75, 3.05) is 31.3 Å². The Balaban J connectivity index is 1.75. The minimum absolute atomic E-state index is 0.0589. The van der Waals surface area contributed by atoms with Gasteiger partial charge in [0.15, 0.2) is 10.8 Å². The minimum Gasteiger partial charge on any atom is -0.477 e. The molecular weight excluding hydrogens is 506 g/mol. The molecule has 0 aliphatic carbocycles. The van der Waals surface area contributed by atoms with E-state index in [0.29, 0.717) is 0 Å². The van der Waals surface area contributed by atoms with Gasteiger partial charge in [-0.1, -0.05) is 5.16 Å². The third-order valence-corrected chi connectivity index (χ3v) is 6.62. The van der Waals surface area contributed by atoms with Gasteiger partial charge in [-0.25, -0.2) is 14.6 Å². The average molecular weight is 528 g/mol. The lowest BCUT2D eigenvalue weighted by molar-refractivity contribution is -0.150. The zero-order chi connectivity index (χ0) is 25.7. The molecule has 1 saturated heterocycles. The van der Waals surface area contributed by atoms with E-state index in [-0.39, 0.29) is 46.8 Å². The van der Waals surface area contributed by atoms with Gasteiger partial charge < -0.3 is 30.5 Å². The van der Waals surface area contributed by atoms with E-state index in [1.165, 1.54) is 24.1 Å². The average Bonchev–Trinajstić information content (AvgIpc) is 3.23. The predicted molar refractivity (Wildman–Crippen MR) is 122 cm³/mol. The summed E-state index contributed by atoms with van der Waals surface area (Å²) in [6.07, 6.45) is 0. The lowest BCUT2D eigenvalue weighted by atomic mass is 10.0. The molecule has 188 valence electrons. The topological polar surface area (TPSA) is 200 Å². The van der Waals surface area contributed by atoms with E-state index < -0.39 is 47.7 Å². The zero-order valence-electron chi connectivity index (χ0n) is 18.5. The summed E-state index contributed by atoms with van der Waals surface area (Å²) in [5.41, 5.74) is 5.33. The number of oxime groups is 1. The Hall–Kier alpha value is -3.66. The van der Waals surface area contributed by atoms with Crippen molar-refractivity contribution in [2.45, 2.75) is 25.3 Å². The van der Waals surface area contributed by atoms with Crippen molar-refractivity contribution in [3.63, 3.8) is 0 Å². The number of nitrogens with two attached hydrogens (primary N) is 1. The maximum Gasteiger partial charge on any atom is 0.352 e. The molecule has 0 radical (unpaired) electrons. The number of ether oxygens (including phenoxy) is 2. The number of β-lactam (4-membered cyclic amide) rings is 1. The van der Waals surface area contributed by atoms with Gasteiger partial charge in [0.1, 0.15) is 29.4 Å². The van der Waals surface area contributed by atoms with Crippen molar-refractivity contribution < 1.29 is 43.4 Å². The lowest BCUT2D eigenvalue weighted by Gasteiger charge is -2.49. The first-order valence-corrected chi connectivity index (χ1v) is 12.0. The van der Waals surface area contributed by atoms with Crippen LogP contribution < -0.4 is 11.1 Å². The van der Waals surface area contributed by atoms with Gasteiger partial charge in [-0.3, -0.25) is 19.3 Å². The molecule has 0 bridgehead atoms. The molecule has 2 aliphatic heterocycles. The fraction of sp³-hybridized carbons (Fsp3) is 0.421. The van der Waals surface area contributed by atoms with E-state index in [2.05, 4.69) is 15.5 Å². The number of fused-ring (bicyclic) bond motifs is 1. The van der Waals surface area contributed by atoms with Crippen LogP contribution in [0.5, 0.6) is 0 Å². The molecule has 14 nitrogen and oxygen atoms in total. The monoisotopic (exact) mass is 527 g/mol. The molecule has 3 rings (SSSR count). The van der Waals surface area contributed by atoms with Crippen LogP contribution in [-0.2, 0) is 38.3 Å². The minimum atomic E-state index is -1.36. The maximum absolute atomic E-state index is 13.0. The fourth-order valence-electron chi connectivity index (χ4n) is 3.15. The molecule has 2 amide bonds. The van der Waals surface area contributed by atoms with Crippen LogP contribution in [0.4, 0.5) is 5.13 Å². The van der Waals surface area contributed by atoms with Crippen LogP contribution in [0.1, 0.15) is 19.5 Å². The molecule has 0 saturated carbocycles. The van der Waals surface area contributed by atoms with Crippen LogP contribution in [0.25, 0.3) is 0 Å². The van der Waals surface area contributed by atoms with Crippen molar-refractivity contribution in [2.24, 2.45) is 5.16 Å². The number of nitrogen functional groups attached to an aromatic ring is 1. The summed E-state index contributed by atoms with van der Waals surface area (Å²) in [6.45, 7) is 2.11. The second-order valence-corrected chi connectivity index (χ2v) is 8.98. The quantitative estimate of drug-likeness (QED) is 0.150. The number of thiazole rings is 1. The molecule has 3 heterocycles. The van der Waals surface area contributed by atoms with Crippen molar-refractivity contribution in [1.29, 1.82) is 0 Å². The zero-order valence-corrected chi connectivity index (χ0v) is 20.1. The molecule has 35 heavy (non-hydrogen) atoms. The van der Waals surface area contributed by atoms with E-state index in [1.807, 2.05) is 0 Å². The van der Waals surface area contributed by atoms with Gasteiger partial charge in [0, 0.05) is 23.6 Å². The highest BCUT2D eigenvalue weighted by Crippen LogP contribution is 2.40. The summed E-state index contributed by atoms with van der Waals surface area (Å²) in [5.74, 6) is -3.99.